The molecule has 0 spiro atoms. The van der Waals surface area contributed by atoms with Crippen LogP contribution in [0.25, 0.3) is 0 Å². The van der Waals surface area contributed by atoms with Gasteiger partial charge >= 0.3 is 6.03 Å². The maximum atomic E-state index is 14.3. The largest absolute Gasteiger partial charge is 0.412 e. The predicted molar refractivity (Wildman–Crippen MR) is 175 cm³/mol. The third-order valence-corrected chi connectivity index (χ3v) is 15.8. The molecule has 2 saturated heterocycles. The number of hydrogen-bond donors (Lipinski definition) is 0. The van der Waals surface area contributed by atoms with Crippen molar-refractivity contribution in [2.24, 2.45) is 5.92 Å². The lowest BCUT2D eigenvalue weighted by molar-refractivity contribution is 0.0143. The first kappa shape index (κ1) is 33.7. The van der Waals surface area contributed by atoms with Crippen molar-refractivity contribution in [3.05, 3.63) is 41.5 Å². The minimum atomic E-state index is -2.08. The number of ketones is 1. The van der Waals surface area contributed by atoms with Gasteiger partial charge in [0.25, 0.3) is 0 Å². The van der Waals surface area contributed by atoms with Gasteiger partial charge < -0.3 is 28.6 Å². The molecule has 1 aromatic rings. The summed E-state index contributed by atoms with van der Waals surface area (Å²) in [5.74, 6) is 0.237. The molecule has 0 aromatic heterocycles. The third kappa shape index (κ3) is 6.75. The molecule has 2 heterocycles. The zero-order valence-electron chi connectivity index (χ0n) is 28.4. The number of urea groups is 1. The SMILES string of the molecule is CC(C)[Si](OC/C(=C/COC(C)(C)C)[C@@H]1C[C@H]2O[C@@]2(C(=O)c2ccccc2N2CN(C)C(=O)N(C)C2)C1)(C(C)C)C(C)C. The number of benzene rings is 1. The van der Waals surface area contributed by atoms with E-state index in [0.29, 0.717) is 55.2 Å². The summed E-state index contributed by atoms with van der Waals surface area (Å²) < 4.78 is 19.4. The van der Waals surface area contributed by atoms with Crippen molar-refractivity contribution in [2.75, 3.05) is 45.5 Å². The predicted octanol–water partition coefficient (Wildman–Crippen LogP) is 7.07. The molecule has 4 rings (SSSR count). The molecule has 2 amide bonds. The fourth-order valence-corrected chi connectivity index (χ4v) is 13.1. The van der Waals surface area contributed by atoms with Crippen LogP contribution < -0.4 is 4.90 Å². The van der Waals surface area contributed by atoms with E-state index in [2.05, 4.69) is 73.3 Å². The Morgan fingerprint density at radius 1 is 1.05 bits per heavy atom. The fourth-order valence-electron chi connectivity index (χ4n) is 7.66. The summed E-state index contributed by atoms with van der Waals surface area (Å²) in [6, 6.07) is 7.71. The third-order valence-electron chi connectivity index (χ3n) is 9.74. The average Bonchev–Trinajstić information content (AvgIpc) is 3.49. The van der Waals surface area contributed by atoms with E-state index in [1.807, 2.05) is 24.3 Å². The highest BCUT2D eigenvalue weighted by Gasteiger charge is 2.68. The summed E-state index contributed by atoms with van der Waals surface area (Å²) >= 11 is 0. The first-order chi connectivity index (χ1) is 20.0. The molecule has 0 unspecified atom stereocenters. The quantitative estimate of drug-likeness (QED) is 0.109. The molecule has 43 heavy (non-hydrogen) atoms. The molecular weight excluding hydrogens is 558 g/mol. The molecule has 0 N–H and O–H groups in total. The molecule has 3 atom stereocenters. The lowest BCUT2D eigenvalue weighted by Crippen LogP contribution is -2.55. The van der Waals surface area contributed by atoms with Crippen molar-refractivity contribution < 1.29 is 23.5 Å². The molecule has 0 radical (unpaired) electrons. The van der Waals surface area contributed by atoms with Gasteiger partial charge in [-0.25, -0.2) is 4.79 Å². The van der Waals surface area contributed by atoms with Crippen molar-refractivity contribution >= 4 is 25.8 Å². The smallest absolute Gasteiger partial charge is 0.322 e. The van der Waals surface area contributed by atoms with Gasteiger partial charge in [-0.15, -0.1) is 0 Å². The number of carbonyl (C=O) groups excluding carboxylic acids is 2. The number of carbonyl (C=O) groups is 2. The summed E-state index contributed by atoms with van der Waals surface area (Å²) in [7, 11) is 1.49. The number of nitrogens with zero attached hydrogens (tertiary/aromatic N) is 3. The molecule has 1 aliphatic carbocycles. The number of amides is 2. The number of hydrogen-bond acceptors (Lipinski definition) is 6. The Labute approximate surface area is 260 Å². The van der Waals surface area contributed by atoms with Crippen molar-refractivity contribution in [2.45, 2.75) is 109 Å². The van der Waals surface area contributed by atoms with Gasteiger partial charge in [-0.05, 0) is 73.9 Å². The number of ether oxygens (including phenoxy) is 2. The Morgan fingerprint density at radius 3 is 2.19 bits per heavy atom. The second-order valence-electron chi connectivity index (χ2n) is 14.8. The molecule has 1 aromatic carbocycles. The summed E-state index contributed by atoms with van der Waals surface area (Å²) in [5, 5.41) is 0. The van der Waals surface area contributed by atoms with E-state index < -0.39 is 13.9 Å². The van der Waals surface area contributed by atoms with Gasteiger partial charge in [-0.1, -0.05) is 59.8 Å². The van der Waals surface area contributed by atoms with Crippen molar-refractivity contribution in [1.29, 1.82) is 0 Å². The zero-order valence-corrected chi connectivity index (χ0v) is 29.4. The maximum Gasteiger partial charge on any atom is 0.322 e. The highest BCUT2D eigenvalue weighted by atomic mass is 28.4. The molecule has 3 fully saturated rings. The summed E-state index contributed by atoms with van der Waals surface area (Å²) in [6.45, 7) is 22.1. The number of rotatable bonds is 12. The number of anilines is 1. The van der Waals surface area contributed by atoms with Gasteiger partial charge in [0.15, 0.2) is 11.4 Å². The van der Waals surface area contributed by atoms with Crippen LogP contribution in [-0.4, -0.2) is 87.9 Å². The minimum Gasteiger partial charge on any atom is -0.412 e. The van der Waals surface area contributed by atoms with Crippen molar-refractivity contribution in [3.8, 4) is 0 Å². The first-order valence-corrected chi connectivity index (χ1v) is 18.2. The van der Waals surface area contributed by atoms with Crippen molar-refractivity contribution in [3.63, 3.8) is 0 Å². The molecule has 8 nitrogen and oxygen atoms in total. The molecular formula is C34H55N3O5Si. The molecule has 9 heteroatoms. The van der Waals surface area contributed by atoms with Gasteiger partial charge in [-0.2, -0.15) is 0 Å². The normalized spacial score (nSPS) is 24.9. The maximum absolute atomic E-state index is 14.3. The fraction of sp³-hybridized carbons (Fsp3) is 0.706. The van der Waals surface area contributed by atoms with E-state index >= 15 is 0 Å². The highest BCUT2D eigenvalue weighted by Crippen LogP contribution is 2.57. The first-order valence-electron chi connectivity index (χ1n) is 16.0. The van der Waals surface area contributed by atoms with Crippen LogP contribution in [0.4, 0.5) is 10.5 Å². The van der Waals surface area contributed by atoms with Crippen LogP contribution in [0.1, 0.15) is 85.5 Å². The van der Waals surface area contributed by atoms with Crippen LogP contribution in [0.15, 0.2) is 35.9 Å². The lowest BCUT2D eigenvalue weighted by atomic mass is 9.90. The van der Waals surface area contributed by atoms with Crippen molar-refractivity contribution in [1.82, 2.24) is 9.80 Å². The van der Waals surface area contributed by atoms with Gasteiger partial charge in [0.05, 0.1) is 43.9 Å². The van der Waals surface area contributed by atoms with Crippen LogP contribution >= 0.6 is 0 Å². The Morgan fingerprint density at radius 2 is 1.63 bits per heavy atom. The number of Topliss-reactive ketones (excluding diaryl/α,β-unsaturated/α-hetero) is 1. The van der Waals surface area contributed by atoms with Crippen LogP contribution in [0, 0.1) is 5.92 Å². The molecule has 1 saturated carbocycles. The average molecular weight is 614 g/mol. The van der Waals surface area contributed by atoms with Gasteiger partial charge in [0, 0.05) is 19.7 Å². The highest BCUT2D eigenvalue weighted by molar-refractivity contribution is 6.77. The van der Waals surface area contributed by atoms with Gasteiger partial charge in [-0.3, -0.25) is 4.79 Å². The van der Waals surface area contributed by atoms with E-state index in [4.69, 9.17) is 13.9 Å². The number of epoxide rings is 1. The Bertz CT molecular complexity index is 1170. The monoisotopic (exact) mass is 613 g/mol. The Kier molecular flexibility index (Phi) is 9.91. The van der Waals surface area contributed by atoms with Gasteiger partial charge in [0.2, 0.25) is 8.32 Å². The van der Waals surface area contributed by atoms with E-state index in [9.17, 15) is 9.59 Å². The van der Waals surface area contributed by atoms with E-state index in [1.54, 1.807) is 23.9 Å². The summed E-state index contributed by atoms with van der Waals surface area (Å²) in [4.78, 5) is 32.0. The molecule has 240 valence electrons. The number of para-hydroxylation sites is 1. The Hall–Kier alpha value is -2.20. The second-order valence-corrected chi connectivity index (χ2v) is 20.2. The molecule has 3 aliphatic rings. The standard InChI is InChI=1S/C34H55N3O5Si/c1-23(2)43(24(3)4,25(5)6)41-20-26(16-17-40-33(7,8)9)27-18-30-34(19-27,42-30)31(38)28-14-12-13-15-29(28)37-21-35(10)32(39)36(11)22-37/h12-16,23-25,27,30H,17-22H2,1-11H3/b26-16-/t27-,30-,34+/m1/s1. The number of fused-ring (bicyclic) bond motifs is 1. The van der Waals surface area contributed by atoms with Crippen LogP contribution in [0.3, 0.4) is 0 Å². The molecule has 0 bridgehead atoms. The summed E-state index contributed by atoms with van der Waals surface area (Å²) in [6.07, 6.45) is 3.57. The topological polar surface area (TPSA) is 74.9 Å². The van der Waals surface area contributed by atoms with Crippen LogP contribution in [0.5, 0.6) is 0 Å². The van der Waals surface area contributed by atoms with Crippen LogP contribution in [0.2, 0.25) is 16.6 Å². The van der Waals surface area contributed by atoms with Crippen LogP contribution in [-0.2, 0) is 13.9 Å². The van der Waals surface area contributed by atoms with E-state index in [0.717, 1.165) is 12.1 Å². The summed E-state index contributed by atoms with van der Waals surface area (Å²) in [5.41, 5.74) is 3.16. The van der Waals surface area contributed by atoms with E-state index in [1.165, 1.54) is 5.57 Å². The zero-order chi connectivity index (χ0) is 31.9. The second kappa shape index (κ2) is 12.7. The molecule has 2 aliphatic heterocycles. The van der Waals surface area contributed by atoms with E-state index in [-0.39, 0.29) is 29.4 Å². The minimum absolute atomic E-state index is 0.0284. The van der Waals surface area contributed by atoms with Gasteiger partial charge in [0.1, 0.15) is 0 Å². The lowest BCUT2D eigenvalue weighted by Gasteiger charge is -2.42. The Balaban J connectivity index is 1.57.